The molecule has 6 atom stereocenters. The molecule has 0 saturated carbocycles. The van der Waals surface area contributed by atoms with Crippen molar-refractivity contribution in [3.63, 3.8) is 0 Å². The zero-order valence-electron chi connectivity index (χ0n) is 18.7. The van der Waals surface area contributed by atoms with Gasteiger partial charge in [-0.15, -0.1) is 0 Å². The Morgan fingerprint density at radius 2 is 1.82 bits per heavy atom. The summed E-state index contributed by atoms with van der Waals surface area (Å²) in [6.07, 6.45) is -4.74. The topological polar surface area (TPSA) is 158 Å². The highest BCUT2D eigenvalue weighted by molar-refractivity contribution is 5.55. The summed E-state index contributed by atoms with van der Waals surface area (Å²) in [4.78, 5) is 0. The molecule has 0 aromatic heterocycles. The number of hydrogen-bond acceptors (Lipinski definition) is 10. The first kappa shape index (κ1) is 24.5. The molecule has 2 aliphatic heterocycles. The van der Waals surface area contributed by atoms with Crippen molar-refractivity contribution in [1.82, 2.24) is 0 Å². The van der Waals surface area contributed by atoms with E-state index in [1.807, 2.05) is 6.07 Å². The molecule has 186 valence electrons. The largest absolute Gasteiger partial charge is 0.504 e. The van der Waals surface area contributed by atoms with Crippen LogP contribution in [0.3, 0.4) is 0 Å². The van der Waals surface area contributed by atoms with Crippen LogP contribution >= 0.6 is 0 Å². The molecule has 0 spiro atoms. The van der Waals surface area contributed by atoms with Crippen LogP contribution in [0.2, 0.25) is 0 Å². The Labute approximate surface area is 196 Å². The van der Waals surface area contributed by atoms with Gasteiger partial charge in [0.1, 0.15) is 24.4 Å². The third-order valence-corrected chi connectivity index (χ3v) is 6.20. The van der Waals surface area contributed by atoms with Crippen LogP contribution in [0.1, 0.15) is 35.1 Å². The van der Waals surface area contributed by atoms with Crippen molar-refractivity contribution in [1.29, 1.82) is 0 Å². The lowest BCUT2D eigenvalue weighted by molar-refractivity contribution is -0.242. The maximum Gasteiger partial charge on any atom is 0.229 e. The molecule has 34 heavy (non-hydrogen) atoms. The molecule has 2 heterocycles. The van der Waals surface area contributed by atoms with Gasteiger partial charge in [0.05, 0.1) is 26.2 Å². The molecule has 0 unspecified atom stereocenters. The van der Waals surface area contributed by atoms with Crippen molar-refractivity contribution < 1.29 is 49.6 Å². The van der Waals surface area contributed by atoms with Crippen LogP contribution < -0.4 is 14.2 Å². The third-order valence-electron chi connectivity index (χ3n) is 6.20. The lowest BCUT2D eigenvalue weighted by Gasteiger charge is -2.35. The summed E-state index contributed by atoms with van der Waals surface area (Å²) in [6.45, 7) is -0.375. The molecule has 0 aliphatic carbocycles. The molecule has 0 amide bonds. The van der Waals surface area contributed by atoms with E-state index in [2.05, 4.69) is 0 Å². The number of rotatable bonds is 8. The molecule has 10 nitrogen and oxygen atoms in total. The smallest absolute Gasteiger partial charge is 0.229 e. The first-order chi connectivity index (χ1) is 16.4. The molecule has 2 aliphatic rings. The molecule has 6 N–H and O–H groups in total. The van der Waals surface area contributed by atoms with Gasteiger partial charge in [0.2, 0.25) is 6.29 Å². The van der Waals surface area contributed by atoms with Gasteiger partial charge in [-0.25, -0.2) is 0 Å². The first-order valence-electron chi connectivity index (χ1n) is 11.1. The van der Waals surface area contributed by atoms with Gasteiger partial charge in [-0.3, -0.25) is 0 Å². The quantitative estimate of drug-likeness (QED) is 0.313. The van der Waals surface area contributed by atoms with E-state index in [-0.39, 0.29) is 31.3 Å². The number of fused-ring (bicyclic) bond motifs is 1. The van der Waals surface area contributed by atoms with Crippen molar-refractivity contribution in [2.45, 2.75) is 49.5 Å². The lowest BCUT2D eigenvalue weighted by atomic mass is 9.90. The van der Waals surface area contributed by atoms with Crippen LogP contribution in [0, 0.1) is 0 Å². The highest BCUT2D eigenvalue weighted by Crippen LogP contribution is 2.51. The number of aryl methyl sites for hydroxylation is 1. The van der Waals surface area contributed by atoms with E-state index >= 15 is 0 Å². The van der Waals surface area contributed by atoms with Crippen LogP contribution in [0.25, 0.3) is 0 Å². The second-order valence-corrected chi connectivity index (χ2v) is 8.47. The summed E-state index contributed by atoms with van der Waals surface area (Å²) in [5, 5.41) is 59.4. The Bertz CT molecular complexity index is 996. The second kappa shape index (κ2) is 10.3. The van der Waals surface area contributed by atoms with Gasteiger partial charge in [-0.2, -0.15) is 0 Å². The summed E-state index contributed by atoms with van der Waals surface area (Å²) in [5.41, 5.74) is 2.19. The Morgan fingerprint density at radius 1 is 1.03 bits per heavy atom. The van der Waals surface area contributed by atoms with E-state index < -0.39 is 36.6 Å². The minimum Gasteiger partial charge on any atom is -0.504 e. The Morgan fingerprint density at radius 3 is 2.53 bits per heavy atom. The van der Waals surface area contributed by atoms with Crippen LogP contribution in [-0.2, 0) is 11.2 Å². The van der Waals surface area contributed by atoms with Gasteiger partial charge in [0.15, 0.2) is 23.0 Å². The van der Waals surface area contributed by atoms with Gasteiger partial charge in [0.25, 0.3) is 0 Å². The number of phenolic OH excluding ortho intramolecular Hbond substituents is 1. The summed E-state index contributed by atoms with van der Waals surface area (Å²) < 4.78 is 22.5. The standard InChI is InChI=1S/C24H30O10/c1-31-19-9-13(4-5-18(19)33-24-21(30)20(29)17(28)11-32-24)22-15(10-26)14-7-12(3-2-6-25)8-16(27)23(14)34-22/h4-5,7-9,15,17,20-22,24-30H,2-3,6,10-11H2,1H3/t15-,17-,20-,21+,22-,24-/m0/s1. The number of methoxy groups -OCH3 is 1. The maximum atomic E-state index is 10.5. The van der Waals surface area contributed by atoms with Crippen LogP contribution in [0.15, 0.2) is 30.3 Å². The van der Waals surface area contributed by atoms with E-state index in [0.717, 1.165) is 5.56 Å². The van der Waals surface area contributed by atoms with Crippen LogP contribution in [0.4, 0.5) is 0 Å². The maximum absolute atomic E-state index is 10.5. The van der Waals surface area contributed by atoms with Crippen molar-refractivity contribution in [2.75, 3.05) is 26.9 Å². The lowest BCUT2D eigenvalue weighted by Crippen LogP contribution is -2.54. The summed E-state index contributed by atoms with van der Waals surface area (Å²) >= 11 is 0. The minimum absolute atomic E-state index is 0.0255. The zero-order chi connectivity index (χ0) is 24.4. The average Bonchev–Trinajstić information content (AvgIpc) is 3.22. The molecule has 2 aromatic carbocycles. The highest BCUT2D eigenvalue weighted by atomic mass is 16.7. The van der Waals surface area contributed by atoms with E-state index in [0.29, 0.717) is 35.5 Å². The summed E-state index contributed by atoms with van der Waals surface area (Å²) in [5.74, 6) is 0.388. The number of benzene rings is 2. The number of aromatic hydroxyl groups is 1. The SMILES string of the molecule is COc1cc([C@@H]2Oc3c(O)cc(CCCO)cc3[C@@H]2CO)ccc1O[C@@H]1OC[C@H](O)[C@H](O)[C@H]1O. The molecule has 0 radical (unpaired) electrons. The first-order valence-corrected chi connectivity index (χ1v) is 11.1. The predicted molar refractivity (Wildman–Crippen MR) is 118 cm³/mol. The number of aliphatic hydroxyl groups excluding tert-OH is 5. The van der Waals surface area contributed by atoms with Gasteiger partial charge < -0.3 is 49.6 Å². The minimum atomic E-state index is -1.46. The molecule has 0 bridgehead atoms. The van der Waals surface area contributed by atoms with E-state index in [9.17, 15) is 25.5 Å². The monoisotopic (exact) mass is 478 g/mol. The van der Waals surface area contributed by atoms with Gasteiger partial charge in [0, 0.05) is 12.2 Å². The molecule has 1 fully saturated rings. The van der Waals surface area contributed by atoms with E-state index in [1.54, 1.807) is 24.3 Å². The van der Waals surface area contributed by atoms with Crippen LogP contribution in [0.5, 0.6) is 23.0 Å². The fourth-order valence-corrected chi connectivity index (χ4v) is 4.36. The molecule has 1 saturated heterocycles. The van der Waals surface area contributed by atoms with Crippen LogP contribution in [-0.4, -0.2) is 82.2 Å². The van der Waals surface area contributed by atoms with Crippen molar-refractivity contribution in [3.8, 4) is 23.0 Å². The van der Waals surface area contributed by atoms with Gasteiger partial charge >= 0.3 is 0 Å². The molecular weight excluding hydrogens is 448 g/mol. The highest BCUT2D eigenvalue weighted by Gasteiger charge is 2.40. The van der Waals surface area contributed by atoms with E-state index in [1.165, 1.54) is 7.11 Å². The molecule has 4 rings (SSSR count). The molecule has 10 heteroatoms. The number of phenols is 1. The zero-order valence-corrected chi connectivity index (χ0v) is 18.7. The Balaban J connectivity index is 1.57. The van der Waals surface area contributed by atoms with E-state index in [4.69, 9.17) is 24.1 Å². The van der Waals surface area contributed by atoms with Crippen molar-refractivity contribution >= 4 is 0 Å². The fourth-order valence-electron chi connectivity index (χ4n) is 4.36. The average molecular weight is 478 g/mol. The molecule has 2 aromatic rings. The van der Waals surface area contributed by atoms with Gasteiger partial charge in [-0.1, -0.05) is 12.1 Å². The summed E-state index contributed by atoms with van der Waals surface area (Å²) in [7, 11) is 1.44. The van der Waals surface area contributed by atoms with Crippen molar-refractivity contribution in [2.24, 2.45) is 0 Å². The normalized spacial score (nSPS) is 28.3. The summed E-state index contributed by atoms with van der Waals surface area (Å²) in [6, 6.07) is 8.44. The fraction of sp³-hybridized carbons (Fsp3) is 0.500. The predicted octanol–water partition coefficient (Wildman–Crippen LogP) is 0.353. The number of hydrogen-bond donors (Lipinski definition) is 6. The number of ether oxygens (including phenoxy) is 4. The third kappa shape index (κ3) is 4.65. The Hall–Kier alpha value is -2.60. The second-order valence-electron chi connectivity index (χ2n) is 8.47. The Kier molecular flexibility index (Phi) is 7.46. The van der Waals surface area contributed by atoms with Crippen molar-refractivity contribution in [3.05, 3.63) is 47.0 Å². The number of aliphatic hydroxyl groups is 5. The molecular formula is C24H30O10. The van der Waals surface area contributed by atoms with Gasteiger partial charge in [-0.05, 0) is 42.2 Å².